The lowest BCUT2D eigenvalue weighted by Crippen LogP contribution is -2.55. The van der Waals surface area contributed by atoms with Gasteiger partial charge in [0.25, 0.3) is 0 Å². The average molecular weight is 258 g/mol. The van der Waals surface area contributed by atoms with Gasteiger partial charge in [-0.2, -0.15) is 12.6 Å². The summed E-state index contributed by atoms with van der Waals surface area (Å²) in [6.07, 6.45) is 4.00. The second-order valence-electron chi connectivity index (χ2n) is 4.90. The molecule has 0 radical (unpaired) electrons. The minimum Gasteiger partial charge on any atom is -0.378 e. The summed E-state index contributed by atoms with van der Waals surface area (Å²) in [5.41, 5.74) is 0. The minimum absolute atomic E-state index is 0.0933. The Kier molecular flexibility index (Phi) is 5.13. The van der Waals surface area contributed by atoms with Crippen molar-refractivity contribution >= 4 is 18.5 Å². The zero-order chi connectivity index (χ0) is 12.1. The van der Waals surface area contributed by atoms with Crippen LogP contribution in [0.25, 0.3) is 0 Å². The van der Waals surface area contributed by atoms with E-state index >= 15 is 0 Å². The highest BCUT2D eigenvalue weighted by molar-refractivity contribution is 7.80. The smallest absolute Gasteiger partial charge is 0.239 e. The Morgan fingerprint density at radius 1 is 1.47 bits per heavy atom. The molecule has 0 aromatic heterocycles. The zero-order valence-corrected chi connectivity index (χ0v) is 11.1. The van der Waals surface area contributed by atoms with Gasteiger partial charge in [-0.15, -0.1) is 0 Å². The number of hydrogen-bond donors (Lipinski definition) is 2. The highest BCUT2D eigenvalue weighted by Gasteiger charge is 2.31. The van der Waals surface area contributed by atoms with E-state index in [2.05, 4.69) is 22.8 Å². The van der Waals surface area contributed by atoms with Gasteiger partial charge in [-0.3, -0.25) is 9.69 Å². The quantitative estimate of drug-likeness (QED) is 0.707. The second-order valence-corrected chi connectivity index (χ2v) is 5.34. The Morgan fingerprint density at radius 2 is 2.29 bits per heavy atom. The molecule has 1 heterocycles. The lowest BCUT2D eigenvalue weighted by Gasteiger charge is -2.39. The molecule has 2 aliphatic rings. The lowest BCUT2D eigenvalue weighted by molar-refractivity contribution is -0.133. The summed E-state index contributed by atoms with van der Waals surface area (Å²) in [4.78, 5) is 14.3. The third-order valence-electron chi connectivity index (χ3n) is 3.67. The van der Waals surface area contributed by atoms with Crippen molar-refractivity contribution in [3.63, 3.8) is 0 Å². The van der Waals surface area contributed by atoms with E-state index in [1.54, 1.807) is 0 Å². The highest BCUT2D eigenvalue weighted by atomic mass is 32.1. The van der Waals surface area contributed by atoms with Crippen molar-refractivity contribution in [3.8, 4) is 0 Å². The van der Waals surface area contributed by atoms with E-state index in [0.29, 0.717) is 18.9 Å². The molecule has 1 unspecified atom stereocenters. The van der Waals surface area contributed by atoms with Crippen molar-refractivity contribution in [2.45, 2.75) is 25.3 Å². The Bertz CT molecular complexity index is 259. The second kappa shape index (κ2) is 6.61. The van der Waals surface area contributed by atoms with Gasteiger partial charge in [-0.25, -0.2) is 0 Å². The summed E-state index contributed by atoms with van der Waals surface area (Å²) in [6, 6.07) is -0.0933. The highest BCUT2D eigenvalue weighted by Crippen LogP contribution is 2.28. The molecule has 0 spiro atoms. The largest absolute Gasteiger partial charge is 0.378 e. The van der Waals surface area contributed by atoms with Gasteiger partial charge >= 0.3 is 0 Å². The van der Waals surface area contributed by atoms with Gasteiger partial charge in [0, 0.05) is 25.4 Å². The number of thiol groups is 1. The number of amides is 1. The van der Waals surface area contributed by atoms with E-state index in [-0.39, 0.29) is 11.9 Å². The summed E-state index contributed by atoms with van der Waals surface area (Å²) in [7, 11) is 0. The van der Waals surface area contributed by atoms with E-state index in [1.807, 2.05) is 0 Å². The lowest BCUT2D eigenvalue weighted by atomic mass is 9.84. The fourth-order valence-corrected chi connectivity index (χ4v) is 2.51. The Morgan fingerprint density at radius 3 is 2.94 bits per heavy atom. The first-order valence-electron chi connectivity index (χ1n) is 6.51. The Hall–Kier alpha value is -0.260. The van der Waals surface area contributed by atoms with E-state index in [4.69, 9.17) is 4.74 Å². The van der Waals surface area contributed by atoms with E-state index in [1.165, 1.54) is 19.3 Å². The number of nitrogens with zero attached hydrogens (tertiary/aromatic N) is 1. The van der Waals surface area contributed by atoms with Crippen LogP contribution in [-0.2, 0) is 9.53 Å². The van der Waals surface area contributed by atoms with Gasteiger partial charge in [0.15, 0.2) is 0 Å². The molecule has 2 fully saturated rings. The molecule has 98 valence electrons. The summed E-state index contributed by atoms with van der Waals surface area (Å²) >= 11 is 4.10. The number of morpholine rings is 1. The van der Waals surface area contributed by atoms with E-state index < -0.39 is 0 Å². The van der Waals surface area contributed by atoms with Crippen LogP contribution < -0.4 is 5.32 Å². The van der Waals surface area contributed by atoms with Crippen molar-refractivity contribution in [1.82, 2.24) is 10.2 Å². The maximum absolute atomic E-state index is 12.0. The van der Waals surface area contributed by atoms with Crippen LogP contribution in [0.4, 0.5) is 0 Å². The monoisotopic (exact) mass is 258 g/mol. The first-order valence-corrected chi connectivity index (χ1v) is 7.15. The number of carbonyl (C=O) groups is 1. The molecular weight excluding hydrogens is 236 g/mol. The number of nitrogens with one attached hydrogen (secondary N) is 1. The SMILES string of the molecule is O=C(NCCS)C1COCCN1CC1CCC1. The zero-order valence-electron chi connectivity index (χ0n) is 10.2. The van der Waals surface area contributed by atoms with Gasteiger partial charge in [-0.1, -0.05) is 6.42 Å². The molecular formula is C12H22N2O2S. The fourth-order valence-electron chi connectivity index (χ4n) is 2.40. The molecule has 0 bridgehead atoms. The molecule has 4 nitrogen and oxygen atoms in total. The standard InChI is InChI=1S/C12H22N2O2S/c15-12(13-4-7-17)11-9-16-6-5-14(11)8-10-2-1-3-10/h10-11,17H,1-9H2,(H,13,15). The van der Waals surface area contributed by atoms with Crippen LogP contribution in [0.1, 0.15) is 19.3 Å². The Labute approximate surface area is 108 Å². The number of carbonyl (C=O) groups excluding carboxylic acids is 1. The molecule has 17 heavy (non-hydrogen) atoms. The Balaban J connectivity index is 1.84. The van der Waals surface area contributed by atoms with Crippen LogP contribution in [0.2, 0.25) is 0 Å². The number of ether oxygens (including phenoxy) is 1. The molecule has 5 heteroatoms. The van der Waals surface area contributed by atoms with Crippen LogP contribution in [0.3, 0.4) is 0 Å². The van der Waals surface area contributed by atoms with E-state index in [9.17, 15) is 4.79 Å². The van der Waals surface area contributed by atoms with Crippen molar-refractivity contribution in [2.24, 2.45) is 5.92 Å². The van der Waals surface area contributed by atoms with Crippen molar-refractivity contribution in [2.75, 3.05) is 38.6 Å². The normalized spacial score (nSPS) is 26.5. The predicted octanol–water partition coefficient (Wildman–Crippen LogP) is 0.533. The van der Waals surface area contributed by atoms with Gasteiger partial charge in [0.2, 0.25) is 5.91 Å². The third kappa shape index (κ3) is 3.60. The molecule has 2 rings (SSSR count). The number of rotatable bonds is 5. The van der Waals surface area contributed by atoms with Crippen LogP contribution in [0, 0.1) is 5.92 Å². The summed E-state index contributed by atoms with van der Waals surface area (Å²) in [5.74, 6) is 1.58. The third-order valence-corrected chi connectivity index (χ3v) is 3.89. The number of hydrogen-bond acceptors (Lipinski definition) is 4. The van der Waals surface area contributed by atoms with Crippen LogP contribution >= 0.6 is 12.6 Å². The summed E-state index contributed by atoms with van der Waals surface area (Å²) in [6.45, 7) is 3.86. The van der Waals surface area contributed by atoms with Gasteiger partial charge in [-0.05, 0) is 18.8 Å². The van der Waals surface area contributed by atoms with Crippen molar-refractivity contribution in [1.29, 1.82) is 0 Å². The molecule has 1 aliphatic heterocycles. The van der Waals surface area contributed by atoms with Crippen LogP contribution in [-0.4, -0.2) is 55.4 Å². The van der Waals surface area contributed by atoms with Gasteiger partial charge < -0.3 is 10.1 Å². The molecule has 0 aromatic carbocycles. The van der Waals surface area contributed by atoms with Crippen LogP contribution in [0.15, 0.2) is 0 Å². The summed E-state index contributed by atoms with van der Waals surface area (Å²) in [5, 5.41) is 2.90. The summed E-state index contributed by atoms with van der Waals surface area (Å²) < 4.78 is 5.43. The topological polar surface area (TPSA) is 41.6 Å². The molecule has 1 aliphatic carbocycles. The van der Waals surface area contributed by atoms with E-state index in [0.717, 1.165) is 25.6 Å². The molecule has 1 N–H and O–H groups in total. The minimum atomic E-state index is -0.0933. The molecule has 1 amide bonds. The maximum atomic E-state index is 12.0. The molecule has 0 aromatic rings. The molecule has 1 saturated heterocycles. The molecule has 1 saturated carbocycles. The predicted molar refractivity (Wildman–Crippen MR) is 70.4 cm³/mol. The van der Waals surface area contributed by atoms with Gasteiger partial charge in [0.1, 0.15) is 6.04 Å². The average Bonchev–Trinajstić information content (AvgIpc) is 2.31. The maximum Gasteiger partial charge on any atom is 0.239 e. The van der Waals surface area contributed by atoms with Gasteiger partial charge in [0.05, 0.1) is 13.2 Å². The van der Waals surface area contributed by atoms with Crippen molar-refractivity contribution < 1.29 is 9.53 Å². The first-order chi connectivity index (χ1) is 8.31. The fraction of sp³-hybridized carbons (Fsp3) is 0.917. The molecule has 1 atom stereocenters. The van der Waals surface area contributed by atoms with Crippen molar-refractivity contribution in [3.05, 3.63) is 0 Å². The first kappa shape index (κ1) is 13.2. The van der Waals surface area contributed by atoms with Crippen LogP contribution in [0.5, 0.6) is 0 Å².